The first-order valence-corrected chi connectivity index (χ1v) is 10.3. The lowest BCUT2D eigenvalue weighted by atomic mass is 10.1. The van der Waals surface area contributed by atoms with Crippen molar-refractivity contribution in [2.75, 3.05) is 7.11 Å². The molecule has 0 aliphatic carbocycles. The number of hydrogen-bond acceptors (Lipinski definition) is 7. The van der Waals surface area contributed by atoms with E-state index in [9.17, 15) is 24.8 Å². The molecule has 3 rings (SSSR count). The fourth-order valence-electron chi connectivity index (χ4n) is 3.08. The first-order valence-electron chi connectivity index (χ1n) is 10.3. The number of ether oxygens (including phenoxy) is 1. The van der Waals surface area contributed by atoms with E-state index >= 15 is 0 Å². The summed E-state index contributed by atoms with van der Waals surface area (Å²) in [6.07, 6.45) is 1.29. The molecule has 0 saturated heterocycles. The van der Waals surface area contributed by atoms with Crippen LogP contribution in [0.5, 0.6) is 11.5 Å². The molecule has 3 N–H and O–H groups in total. The van der Waals surface area contributed by atoms with Gasteiger partial charge in [-0.3, -0.25) is 19.7 Å². The summed E-state index contributed by atoms with van der Waals surface area (Å²) in [6, 6.07) is 18.8. The number of benzene rings is 3. The predicted octanol–water partition coefficient (Wildman–Crippen LogP) is 3.62. The van der Waals surface area contributed by atoms with Crippen molar-refractivity contribution >= 4 is 29.3 Å². The summed E-state index contributed by atoms with van der Waals surface area (Å²) >= 11 is 0. The number of phenols is 1. The summed E-state index contributed by atoms with van der Waals surface area (Å²) in [6.45, 7) is 1.59. The smallest absolute Gasteiger partial charge is 0.311 e. The Morgan fingerprint density at radius 1 is 1.06 bits per heavy atom. The molecule has 0 aromatic heterocycles. The predicted molar refractivity (Wildman–Crippen MR) is 130 cm³/mol. The van der Waals surface area contributed by atoms with E-state index in [0.29, 0.717) is 16.8 Å². The molecular formula is C25H22N4O6. The minimum Gasteiger partial charge on any atom is -0.507 e. The second-order valence-electron chi connectivity index (χ2n) is 7.22. The third-order valence-electron chi connectivity index (χ3n) is 4.86. The van der Waals surface area contributed by atoms with E-state index in [1.54, 1.807) is 55.5 Å². The van der Waals surface area contributed by atoms with Gasteiger partial charge in [0.2, 0.25) is 0 Å². The van der Waals surface area contributed by atoms with Crippen LogP contribution in [-0.2, 0) is 4.79 Å². The van der Waals surface area contributed by atoms with Crippen LogP contribution in [0.4, 0.5) is 5.69 Å². The fourth-order valence-corrected chi connectivity index (χ4v) is 3.08. The maximum atomic E-state index is 13.0. The maximum absolute atomic E-state index is 13.0. The van der Waals surface area contributed by atoms with Crippen LogP contribution in [0.15, 0.2) is 83.6 Å². The van der Waals surface area contributed by atoms with E-state index in [1.807, 2.05) is 0 Å². The molecule has 0 saturated carbocycles. The molecule has 3 aromatic carbocycles. The number of hydrogen-bond donors (Lipinski definition) is 3. The van der Waals surface area contributed by atoms with Crippen LogP contribution in [0.2, 0.25) is 0 Å². The molecule has 3 aromatic rings. The third-order valence-corrected chi connectivity index (χ3v) is 4.86. The zero-order chi connectivity index (χ0) is 25.4. The summed E-state index contributed by atoms with van der Waals surface area (Å²) < 4.78 is 5.00. The normalized spacial score (nSPS) is 11.5. The number of nitro benzene ring substituents is 1. The highest BCUT2D eigenvalue weighted by molar-refractivity contribution is 6.06. The molecule has 0 spiro atoms. The lowest BCUT2D eigenvalue weighted by molar-refractivity contribution is -0.385. The summed E-state index contributed by atoms with van der Waals surface area (Å²) in [5, 5.41) is 27.9. The van der Waals surface area contributed by atoms with Crippen molar-refractivity contribution in [2.24, 2.45) is 5.10 Å². The Labute approximate surface area is 200 Å². The van der Waals surface area contributed by atoms with Gasteiger partial charge in [-0.25, -0.2) is 5.43 Å². The summed E-state index contributed by atoms with van der Waals surface area (Å²) in [5.74, 6) is -1.30. The number of nitrogens with one attached hydrogen (secondary N) is 2. The molecule has 10 nitrogen and oxygen atoms in total. The Kier molecular flexibility index (Phi) is 7.91. The zero-order valence-corrected chi connectivity index (χ0v) is 18.9. The van der Waals surface area contributed by atoms with Crippen molar-refractivity contribution in [3.8, 4) is 11.5 Å². The van der Waals surface area contributed by atoms with Crippen molar-refractivity contribution in [3.05, 3.63) is 105 Å². The standard InChI is InChI=1S/C25H22N4O6/c1-16(19-10-6-7-11-22(19)30)27-28-25(32)20(26-24(31)18-8-4-3-5-9-18)14-17-12-13-23(35-2)21(15-17)29(33)34/h3-15,30H,1-2H3,(H,26,31)(H,28,32). The van der Waals surface area contributed by atoms with Gasteiger partial charge in [-0.1, -0.05) is 36.4 Å². The average Bonchev–Trinajstić information content (AvgIpc) is 2.87. The molecule has 0 radical (unpaired) electrons. The summed E-state index contributed by atoms with van der Waals surface area (Å²) in [7, 11) is 1.31. The number of hydrazone groups is 1. The largest absolute Gasteiger partial charge is 0.507 e. The first-order chi connectivity index (χ1) is 16.8. The second-order valence-corrected chi connectivity index (χ2v) is 7.22. The molecule has 0 fully saturated rings. The number of nitrogens with zero attached hydrogens (tertiary/aromatic N) is 2. The number of methoxy groups -OCH3 is 1. The van der Waals surface area contributed by atoms with Crippen molar-refractivity contribution in [2.45, 2.75) is 6.92 Å². The number of para-hydroxylation sites is 1. The Bertz CT molecular complexity index is 1320. The molecule has 35 heavy (non-hydrogen) atoms. The van der Waals surface area contributed by atoms with Gasteiger partial charge in [-0.2, -0.15) is 5.10 Å². The Hall–Kier alpha value is -4.99. The average molecular weight is 474 g/mol. The summed E-state index contributed by atoms with van der Waals surface area (Å²) in [4.78, 5) is 36.4. The number of carbonyl (C=O) groups excluding carboxylic acids is 2. The lowest BCUT2D eigenvalue weighted by Gasteiger charge is -2.10. The lowest BCUT2D eigenvalue weighted by Crippen LogP contribution is -2.33. The molecule has 0 heterocycles. The number of phenolic OH excluding ortho intramolecular Hbond substituents is 1. The number of rotatable bonds is 8. The number of amides is 2. The molecule has 178 valence electrons. The molecule has 0 bridgehead atoms. The maximum Gasteiger partial charge on any atom is 0.311 e. The minimum atomic E-state index is -0.775. The van der Waals surface area contributed by atoms with Crippen LogP contribution >= 0.6 is 0 Å². The van der Waals surface area contributed by atoms with E-state index < -0.39 is 16.7 Å². The highest BCUT2D eigenvalue weighted by Gasteiger charge is 2.18. The quantitative estimate of drug-likeness (QED) is 0.197. The van der Waals surface area contributed by atoms with Crippen molar-refractivity contribution in [1.29, 1.82) is 0 Å². The van der Waals surface area contributed by atoms with Gasteiger partial charge in [0, 0.05) is 17.2 Å². The van der Waals surface area contributed by atoms with Crippen LogP contribution in [0.25, 0.3) is 6.08 Å². The molecule has 0 aliphatic heterocycles. The van der Waals surface area contributed by atoms with E-state index in [-0.39, 0.29) is 28.4 Å². The topological polar surface area (TPSA) is 143 Å². The highest BCUT2D eigenvalue weighted by atomic mass is 16.6. The van der Waals surface area contributed by atoms with E-state index in [0.717, 1.165) is 0 Å². The Morgan fingerprint density at radius 2 is 1.74 bits per heavy atom. The van der Waals surface area contributed by atoms with Crippen LogP contribution in [0, 0.1) is 10.1 Å². The Balaban J connectivity index is 1.95. The van der Waals surface area contributed by atoms with Gasteiger partial charge < -0.3 is 15.2 Å². The monoisotopic (exact) mass is 474 g/mol. The second kappa shape index (κ2) is 11.2. The molecular weight excluding hydrogens is 452 g/mol. The van der Waals surface area contributed by atoms with E-state index in [1.165, 1.54) is 37.5 Å². The van der Waals surface area contributed by atoms with Crippen LogP contribution in [0.1, 0.15) is 28.4 Å². The molecule has 0 unspecified atom stereocenters. The van der Waals surface area contributed by atoms with Crippen LogP contribution in [-0.4, -0.2) is 34.7 Å². The van der Waals surface area contributed by atoms with Crippen molar-refractivity contribution in [3.63, 3.8) is 0 Å². The van der Waals surface area contributed by atoms with Gasteiger partial charge in [-0.05, 0) is 48.9 Å². The van der Waals surface area contributed by atoms with Gasteiger partial charge in [-0.15, -0.1) is 0 Å². The SMILES string of the molecule is COc1ccc(C=C(NC(=O)c2ccccc2)C(=O)NN=C(C)c2ccccc2O)cc1[N+](=O)[O-]. The molecule has 0 aliphatic rings. The van der Waals surface area contributed by atoms with Gasteiger partial charge in [0.1, 0.15) is 11.4 Å². The van der Waals surface area contributed by atoms with Gasteiger partial charge in [0.05, 0.1) is 17.7 Å². The van der Waals surface area contributed by atoms with E-state index in [2.05, 4.69) is 15.8 Å². The minimum absolute atomic E-state index is 0.0123. The van der Waals surface area contributed by atoms with Gasteiger partial charge in [0.25, 0.3) is 11.8 Å². The Morgan fingerprint density at radius 3 is 2.40 bits per heavy atom. The van der Waals surface area contributed by atoms with E-state index in [4.69, 9.17) is 4.74 Å². The summed E-state index contributed by atoms with van der Waals surface area (Å²) in [5.41, 5.74) is 3.16. The van der Waals surface area contributed by atoms with Crippen LogP contribution in [0.3, 0.4) is 0 Å². The molecule has 10 heteroatoms. The van der Waals surface area contributed by atoms with Crippen LogP contribution < -0.4 is 15.5 Å². The van der Waals surface area contributed by atoms with Crippen molar-refractivity contribution < 1.29 is 24.4 Å². The zero-order valence-electron chi connectivity index (χ0n) is 18.9. The number of carbonyl (C=O) groups is 2. The number of nitro groups is 1. The van der Waals surface area contributed by atoms with Crippen molar-refractivity contribution in [1.82, 2.24) is 10.7 Å². The molecule has 2 amide bonds. The highest BCUT2D eigenvalue weighted by Crippen LogP contribution is 2.28. The van der Waals surface area contributed by atoms with Gasteiger partial charge >= 0.3 is 5.69 Å². The third kappa shape index (κ3) is 6.29. The molecule has 0 atom stereocenters. The number of aromatic hydroxyl groups is 1. The first kappa shape index (κ1) is 24.6. The van der Waals surface area contributed by atoms with Gasteiger partial charge in [0.15, 0.2) is 5.75 Å². The fraction of sp³-hybridized carbons (Fsp3) is 0.0800.